The van der Waals surface area contributed by atoms with Crippen LogP contribution in [-0.2, 0) is 0 Å². The molecule has 3 atom stereocenters. The van der Waals surface area contributed by atoms with Gasteiger partial charge in [0.1, 0.15) is 0 Å². The normalized spacial score (nSPS) is 35.3. The molecule has 0 aromatic heterocycles. The van der Waals surface area contributed by atoms with E-state index in [0.717, 1.165) is 0 Å². The zero-order valence-corrected chi connectivity index (χ0v) is 8.08. The molecule has 3 N–H and O–H groups in total. The van der Waals surface area contributed by atoms with Crippen LogP contribution < -0.4 is 11.1 Å². The van der Waals surface area contributed by atoms with Crippen LogP contribution >= 0.6 is 12.4 Å². The summed E-state index contributed by atoms with van der Waals surface area (Å²) in [7, 11) is 0. The first-order valence-electron chi connectivity index (χ1n) is 3.98. The second-order valence-corrected chi connectivity index (χ2v) is 3.38. The molecule has 80 valence electrons. The van der Waals surface area contributed by atoms with Gasteiger partial charge in [-0.2, -0.15) is 13.2 Å². The number of hydrogen-bond donors (Lipinski definition) is 2. The van der Waals surface area contributed by atoms with Gasteiger partial charge in [-0.1, -0.05) is 0 Å². The van der Waals surface area contributed by atoms with Gasteiger partial charge in [0.25, 0.3) is 0 Å². The van der Waals surface area contributed by atoms with Crippen molar-refractivity contribution in [1.82, 2.24) is 5.32 Å². The summed E-state index contributed by atoms with van der Waals surface area (Å²) in [5, 5.41) is 2.86. The monoisotopic (exact) mass is 218 g/mol. The first-order chi connectivity index (χ1) is 5.39. The average Bonchev–Trinajstić information content (AvgIpc) is 1.82. The summed E-state index contributed by atoms with van der Waals surface area (Å²) in [5.74, 6) is -1.23. The highest BCUT2D eigenvalue weighted by Gasteiger charge is 2.43. The first-order valence-corrected chi connectivity index (χ1v) is 3.98. The Morgan fingerprint density at radius 2 is 1.85 bits per heavy atom. The molecule has 6 heteroatoms. The largest absolute Gasteiger partial charge is 0.391 e. The molecule has 0 spiro atoms. The summed E-state index contributed by atoms with van der Waals surface area (Å²) in [5.41, 5.74) is 5.40. The third-order valence-corrected chi connectivity index (χ3v) is 2.14. The minimum Gasteiger partial charge on any atom is -0.316 e. The summed E-state index contributed by atoms with van der Waals surface area (Å²) < 4.78 is 36.6. The predicted octanol–water partition coefficient (Wildman–Crippen LogP) is 1.64. The lowest BCUT2D eigenvalue weighted by Crippen LogP contribution is -2.51. The Morgan fingerprint density at radius 1 is 1.31 bits per heavy atom. The Labute approximate surface area is 81.5 Å². The molecule has 0 amide bonds. The number of nitrogens with two attached hydrogens (primary N) is 1. The molecule has 1 fully saturated rings. The molecule has 0 radical (unpaired) electrons. The van der Waals surface area contributed by atoms with E-state index in [0.29, 0.717) is 0 Å². The van der Waals surface area contributed by atoms with Crippen LogP contribution in [0.3, 0.4) is 0 Å². The Kier molecular flexibility index (Phi) is 4.48. The van der Waals surface area contributed by atoms with Gasteiger partial charge in [-0.15, -0.1) is 12.4 Å². The second kappa shape index (κ2) is 4.48. The molecule has 0 aromatic rings. The summed E-state index contributed by atoms with van der Waals surface area (Å²) in [6.07, 6.45) is -4.47. The molecule has 1 saturated heterocycles. The van der Waals surface area contributed by atoms with Crippen LogP contribution in [0.1, 0.15) is 19.8 Å². The average molecular weight is 219 g/mol. The second-order valence-electron chi connectivity index (χ2n) is 3.38. The number of halogens is 4. The highest BCUT2D eigenvalue weighted by molar-refractivity contribution is 5.85. The molecule has 0 aromatic carbocycles. The summed E-state index contributed by atoms with van der Waals surface area (Å²) in [6, 6.07) is -0.139. The molecule has 2 nitrogen and oxygen atoms in total. The van der Waals surface area contributed by atoms with Crippen molar-refractivity contribution in [3.05, 3.63) is 0 Å². The zero-order chi connectivity index (χ0) is 9.35. The maximum Gasteiger partial charge on any atom is 0.391 e. The highest BCUT2D eigenvalue weighted by atomic mass is 35.5. The third-order valence-electron chi connectivity index (χ3n) is 2.14. The molecule has 13 heavy (non-hydrogen) atoms. The summed E-state index contributed by atoms with van der Waals surface area (Å²) in [4.78, 5) is 0. The van der Waals surface area contributed by atoms with E-state index >= 15 is 0 Å². The van der Waals surface area contributed by atoms with Crippen LogP contribution in [0.5, 0.6) is 0 Å². The van der Waals surface area contributed by atoms with Crippen molar-refractivity contribution in [2.24, 2.45) is 11.7 Å². The van der Waals surface area contributed by atoms with Crippen molar-refractivity contribution < 1.29 is 13.2 Å². The van der Waals surface area contributed by atoms with E-state index in [9.17, 15) is 13.2 Å². The first kappa shape index (κ1) is 13.0. The molecular formula is C7H14ClF3N2. The van der Waals surface area contributed by atoms with Gasteiger partial charge in [-0.25, -0.2) is 0 Å². The molecule has 3 unspecified atom stereocenters. The number of alkyl halides is 3. The van der Waals surface area contributed by atoms with Gasteiger partial charge in [-0.3, -0.25) is 5.32 Å². The Hall–Kier alpha value is 0. The van der Waals surface area contributed by atoms with Crippen molar-refractivity contribution in [1.29, 1.82) is 0 Å². The third kappa shape index (κ3) is 3.70. The molecule has 0 aliphatic carbocycles. The van der Waals surface area contributed by atoms with Crippen molar-refractivity contribution in [3.8, 4) is 0 Å². The van der Waals surface area contributed by atoms with E-state index in [1.54, 1.807) is 6.92 Å². The lowest BCUT2D eigenvalue weighted by molar-refractivity contribution is -0.185. The van der Waals surface area contributed by atoms with E-state index < -0.39 is 18.3 Å². The van der Waals surface area contributed by atoms with E-state index in [4.69, 9.17) is 5.73 Å². The molecule has 0 saturated carbocycles. The molecule has 1 heterocycles. The lowest BCUT2D eigenvalue weighted by Gasteiger charge is -2.33. The van der Waals surface area contributed by atoms with Crippen molar-refractivity contribution >= 4 is 12.4 Å². The van der Waals surface area contributed by atoms with Crippen molar-refractivity contribution in [2.75, 3.05) is 0 Å². The minimum atomic E-state index is -4.09. The van der Waals surface area contributed by atoms with Gasteiger partial charge in [0, 0.05) is 6.04 Å². The highest BCUT2D eigenvalue weighted by Crippen LogP contribution is 2.34. The van der Waals surface area contributed by atoms with Gasteiger partial charge >= 0.3 is 6.18 Å². The van der Waals surface area contributed by atoms with Crippen LogP contribution in [0.2, 0.25) is 0 Å². The van der Waals surface area contributed by atoms with E-state index in [-0.39, 0.29) is 31.3 Å². The van der Waals surface area contributed by atoms with Gasteiger partial charge in [0.15, 0.2) is 0 Å². The van der Waals surface area contributed by atoms with E-state index in [1.807, 2.05) is 0 Å². The topological polar surface area (TPSA) is 38.0 Å². The molecule has 0 bridgehead atoms. The standard InChI is InChI=1S/C7H13F3N2.ClH/c1-4-2-5(7(8,9)10)3-6(11)12-4;/h4-6,12H,2-3,11H2,1H3;1H. The molecular weight excluding hydrogens is 205 g/mol. The smallest absolute Gasteiger partial charge is 0.316 e. The Balaban J connectivity index is 0.00000144. The maximum atomic E-state index is 12.2. The lowest BCUT2D eigenvalue weighted by atomic mass is 9.91. The van der Waals surface area contributed by atoms with Crippen LogP contribution in [0, 0.1) is 5.92 Å². The number of hydrogen-bond acceptors (Lipinski definition) is 2. The SMILES string of the molecule is CC1CC(C(F)(F)F)CC(N)N1.Cl. The number of rotatable bonds is 0. The molecule has 1 aliphatic rings. The van der Waals surface area contributed by atoms with Crippen LogP contribution in [0.25, 0.3) is 0 Å². The maximum absolute atomic E-state index is 12.2. The predicted molar refractivity (Wildman–Crippen MR) is 46.6 cm³/mol. The van der Waals surface area contributed by atoms with Crippen LogP contribution in [-0.4, -0.2) is 18.4 Å². The fourth-order valence-electron chi connectivity index (χ4n) is 1.60. The fraction of sp³-hybridized carbons (Fsp3) is 1.00. The van der Waals surface area contributed by atoms with E-state index in [2.05, 4.69) is 5.32 Å². The minimum absolute atomic E-state index is 0. The zero-order valence-electron chi connectivity index (χ0n) is 7.27. The van der Waals surface area contributed by atoms with E-state index in [1.165, 1.54) is 0 Å². The van der Waals surface area contributed by atoms with Crippen molar-refractivity contribution in [2.45, 2.75) is 38.1 Å². The molecule has 1 aliphatic heterocycles. The van der Waals surface area contributed by atoms with Crippen LogP contribution in [0.4, 0.5) is 13.2 Å². The summed E-state index contributed by atoms with van der Waals surface area (Å²) >= 11 is 0. The quantitative estimate of drug-likeness (QED) is 0.649. The van der Waals surface area contributed by atoms with Gasteiger partial charge in [0.05, 0.1) is 12.1 Å². The molecule has 1 rings (SSSR count). The Bertz CT molecular complexity index is 152. The Morgan fingerprint density at radius 3 is 2.23 bits per heavy atom. The number of piperidine rings is 1. The van der Waals surface area contributed by atoms with Crippen molar-refractivity contribution in [3.63, 3.8) is 0 Å². The number of nitrogens with one attached hydrogen (secondary N) is 1. The van der Waals surface area contributed by atoms with Crippen LogP contribution in [0.15, 0.2) is 0 Å². The summed E-state index contributed by atoms with van der Waals surface area (Å²) in [6.45, 7) is 1.72. The fourth-order valence-corrected chi connectivity index (χ4v) is 1.60. The van der Waals surface area contributed by atoms with Gasteiger partial charge in [0.2, 0.25) is 0 Å². The van der Waals surface area contributed by atoms with Gasteiger partial charge in [-0.05, 0) is 19.8 Å². The van der Waals surface area contributed by atoms with Gasteiger partial charge < -0.3 is 5.73 Å².